The highest BCUT2D eigenvalue weighted by molar-refractivity contribution is 5.35. The second kappa shape index (κ2) is 4.91. The van der Waals surface area contributed by atoms with Crippen molar-refractivity contribution in [1.82, 2.24) is 14.3 Å². The molecule has 0 aliphatic carbocycles. The van der Waals surface area contributed by atoms with Crippen LogP contribution in [-0.2, 0) is 18.8 Å². The SMILES string of the molecule is Cn1nc(N2CCOC(CO)C2)c(=O)n(C)c1=O. The van der Waals surface area contributed by atoms with Crippen molar-refractivity contribution in [2.24, 2.45) is 14.1 Å². The second-order valence-electron chi connectivity index (χ2n) is 4.22. The predicted octanol–water partition coefficient (Wildman–Crippen LogP) is -2.32. The molecule has 1 atom stereocenters. The molecule has 0 aromatic carbocycles. The molecule has 1 saturated heterocycles. The van der Waals surface area contributed by atoms with Gasteiger partial charge >= 0.3 is 5.69 Å². The third-order valence-corrected chi connectivity index (χ3v) is 2.95. The lowest BCUT2D eigenvalue weighted by atomic mass is 10.3. The van der Waals surface area contributed by atoms with Crippen molar-refractivity contribution in [1.29, 1.82) is 0 Å². The van der Waals surface area contributed by atoms with Crippen LogP contribution in [0.15, 0.2) is 9.59 Å². The number of hydrogen-bond acceptors (Lipinski definition) is 6. The molecular weight excluding hydrogens is 240 g/mol. The van der Waals surface area contributed by atoms with E-state index in [4.69, 9.17) is 9.84 Å². The minimum absolute atomic E-state index is 0.109. The minimum atomic E-state index is -0.462. The topological polar surface area (TPSA) is 89.6 Å². The average molecular weight is 256 g/mol. The summed E-state index contributed by atoms with van der Waals surface area (Å²) in [5.41, 5.74) is -0.896. The highest BCUT2D eigenvalue weighted by atomic mass is 16.5. The van der Waals surface area contributed by atoms with E-state index >= 15 is 0 Å². The van der Waals surface area contributed by atoms with Crippen LogP contribution in [0.25, 0.3) is 0 Å². The lowest BCUT2D eigenvalue weighted by Crippen LogP contribution is -2.49. The number of aliphatic hydroxyl groups is 1. The molecule has 0 amide bonds. The zero-order valence-electron chi connectivity index (χ0n) is 10.4. The highest BCUT2D eigenvalue weighted by Gasteiger charge is 2.24. The summed E-state index contributed by atoms with van der Waals surface area (Å²) in [6.45, 7) is 1.20. The second-order valence-corrected chi connectivity index (χ2v) is 4.22. The monoisotopic (exact) mass is 256 g/mol. The van der Waals surface area contributed by atoms with Gasteiger partial charge in [-0.05, 0) is 0 Å². The zero-order valence-corrected chi connectivity index (χ0v) is 10.4. The van der Waals surface area contributed by atoms with E-state index in [0.29, 0.717) is 19.7 Å². The number of nitrogens with zero attached hydrogens (tertiary/aromatic N) is 4. The van der Waals surface area contributed by atoms with E-state index in [0.717, 1.165) is 9.25 Å². The fourth-order valence-electron chi connectivity index (χ4n) is 1.90. The van der Waals surface area contributed by atoms with Gasteiger partial charge in [0.1, 0.15) is 0 Å². The summed E-state index contributed by atoms with van der Waals surface area (Å²) >= 11 is 0. The van der Waals surface area contributed by atoms with Gasteiger partial charge < -0.3 is 14.7 Å². The van der Waals surface area contributed by atoms with Crippen LogP contribution in [0.4, 0.5) is 5.82 Å². The standard InChI is InChI=1S/C10H16N4O4/c1-12-9(16)8(11-13(2)10(12)17)14-3-4-18-7(5-14)6-15/h7,15H,3-6H2,1-2H3. The Kier molecular flexibility index (Phi) is 3.48. The van der Waals surface area contributed by atoms with Crippen LogP contribution in [0.3, 0.4) is 0 Å². The van der Waals surface area contributed by atoms with Crippen LogP contribution in [0, 0.1) is 0 Å². The predicted molar refractivity (Wildman–Crippen MR) is 63.8 cm³/mol. The van der Waals surface area contributed by atoms with E-state index in [1.54, 1.807) is 4.90 Å². The molecule has 1 N–H and O–H groups in total. The quantitative estimate of drug-likeness (QED) is 0.639. The van der Waals surface area contributed by atoms with E-state index in [-0.39, 0.29) is 18.5 Å². The van der Waals surface area contributed by atoms with Crippen LogP contribution in [0.1, 0.15) is 0 Å². The van der Waals surface area contributed by atoms with Gasteiger partial charge in [0.15, 0.2) is 0 Å². The molecule has 1 aromatic heterocycles. The third kappa shape index (κ3) is 2.16. The van der Waals surface area contributed by atoms with E-state index in [1.165, 1.54) is 14.1 Å². The van der Waals surface area contributed by atoms with E-state index in [2.05, 4.69) is 5.10 Å². The van der Waals surface area contributed by atoms with Gasteiger partial charge in [0.05, 0.1) is 19.3 Å². The largest absolute Gasteiger partial charge is 0.394 e. The highest BCUT2D eigenvalue weighted by Crippen LogP contribution is 2.09. The molecule has 1 aliphatic heterocycles. The number of rotatable bonds is 2. The Labute approximate surface area is 103 Å². The lowest BCUT2D eigenvalue weighted by molar-refractivity contribution is 0.00317. The summed E-state index contributed by atoms with van der Waals surface area (Å²) in [4.78, 5) is 25.2. The van der Waals surface area contributed by atoms with E-state index in [1.807, 2.05) is 0 Å². The molecule has 0 spiro atoms. The van der Waals surface area contributed by atoms with Crippen LogP contribution in [0.5, 0.6) is 0 Å². The molecule has 2 rings (SSSR count). The molecule has 1 aromatic rings. The molecule has 0 radical (unpaired) electrons. The zero-order chi connectivity index (χ0) is 13.3. The van der Waals surface area contributed by atoms with Gasteiger partial charge in [0, 0.05) is 27.2 Å². The summed E-state index contributed by atoms with van der Waals surface area (Å²) in [5.74, 6) is 0.210. The fraction of sp³-hybridized carbons (Fsp3) is 0.700. The minimum Gasteiger partial charge on any atom is -0.394 e. The van der Waals surface area contributed by atoms with Crippen molar-refractivity contribution < 1.29 is 9.84 Å². The Morgan fingerprint density at radius 1 is 1.44 bits per heavy atom. The Hall–Kier alpha value is -1.67. The number of ether oxygens (including phenoxy) is 1. The normalized spacial score (nSPS) is 20.2. The first-order chi connectivity index (χ1) is 8.54. The number of morpholine rings is 1. The van der Waals surface area contributed by atoms with Gasteiger partial charge in [-0.1, -0.05) is 0 Å². The van der Waals surface area contributed by atoms with Gasteiger partial charge in [-0.25, -0.2) is 9.48 Å². The third-order valence-electron chi connectivity index (χ3n) is 2.95. The Bertz CT molecular complexity index is 550. The molecule has 1 unspecified atom stereocenters. The van der Waals surface area contributed by atoms with Gasteiger partial charge in [-0.15, -0.1) is 5.10 Å². The molecule has 100 valence electrons. The summed E-state index contributed by atoms with van der Waals surface area (Å²) in [6, 6.07) is 0. The van der Waals surface area contributed by atoms with Crippen LogP contribution < -0.4 is 16.1 Å². The van der Waals surface area contributed by atoms with Crippen molar-refractivity contribution in [2.45, 2.75) is 6.10 Å². The van der Waals surface area contributed by atoms with Crippen LogP contribution in [-0.4, -0.2) is 51.9 Å². The van der Waals surface area contributed by atoms with E-state index < -0.39 is 11.2 Å². The average Bonchev–Trinajstić information content (AvgIpc) is 2.40. The Balaban J connectivity index is 2.39. The molecule has 1 fully saturated rings. The summed E-state index contributed by atoms with van der Waals surface area (Å²) in [5, 5.41) is 13.1. The first-order valence-electron chi connectivity index (χ1n) is 5.66. The van der Waals surface area contributed by atoms with Crippen LogP contribution >= 0.6 is 0 Å². The number of aromatic nitrogens is 3. The number of aliphatic hydroxyl groups excluding tert-OH is 1. The summed E-state index contributed by atoms with van der Waals surface area (Å²) in [6.07, 6.45) is -0.331. The molecular formula is C10H16N4O4. The van der Waals surface area contributed by atoms with Gasteiger partial charge in [0.2, 0.25) is 5.82 Å². The maximum Gasteiger partial charge on any atom is 0.346 e. The fourth-order valence-corrected chi connectivity index (χ4v) is 1.90. The van der Waals surface area contributed by atoms with Crippen molar-refractivity contribution in [3.05, 3.63) is 20.8 Å². The first kappa shape index (κ1) is 12.8. The maximum atomic E-state index is 12.0. The van der Waals surface area contributed by atoms with Crippen molar-refractivity contribution in [3.8, 4) is 0 Å². The van der Waals surface area contributed by atoms with Gasteiger partial charge in [0.25, 0.3) is 5.56 Å². The molecule has 18 heavy (non-hydrogen) atoms. The maximum absolute atomic E-state index is 12.0. The summed E-state index contributed by atoms with van der Waals surface area (Å²) < 4.78 is 7.45. The number of aryl methyl sites for hydroxylation is 1. The first-order valence-corrected chi connectivity index (χ1v) is 5.66. The molecule has 1 aliphatic rings. The number of hydrogen-bond donors (Lipinski definition) is 1. The lowest BCUT2D eigenvalue weighted by Gasteiger charge is -2.32. The number of anilines is 1. The van der Waals surface area contributed by atoms with Crippen molar-refractivity contribution in [2.75, 3.05) is 31.2 Å². The van der Waals surface area contributed by atoms with E-state index in [9.17, 15) is 9.59 Å². The smallest absolute Gasteiger partial charge is 0.346 e. The summed E-state index contributed by atoms with van der Waals surface area (Å²) in [7, 11) is 2.91. The van der Waals surface area contributed by atoms with Crippen molar-refractivity contribution in [3.63, 3.8) is 0 Å². The van der Waals surface area contributed by atoms with Crippen LogP contribution in [0.2, 0.25) is 0 Å². The van der Waals surface area contributed by atoms with Crippen molar-refractivity contribution >= 4 is 5.82 Å². The molecule has 0 saturated carbocycles. The molecule has 2 heterocycles. The van der Waals surface area contributed by atoms with Gasteiger partial charge in [-0.2, -0.15) is 0 Å². The Morgan fingerprint density at radius 2 is 2.17 bits per heavy atom. The van der Waals surface area contributed by atoms with Gasteiger partial charge in [-0.3, -0.25) is 9.36 Å². The molecule has 8 nitrogen and oxygen atoms in total. The molecule has 8 heteroatoms. The Morgan fingerprint density at radius 3 is 2.83 bits per heavy atom. The molecule has 0 bridgehead atoms.